The molecule has 0 aromatic heterocycles. The third-order valence-electron chi connectivity index (χ3n) is 3.41. The van der Waals surface area contributed by atoms with Crippen molar-refractivity contribution in [2.45, 2.75) is 44.1 Å². The average molecular weight is 359 g/mol. The molecule has 0 radical (unpaired) electrons. The van der Waals surface area contributed by atoms with Gasteiger partial charge in [0, 0.05) is 19.2 Å². The zero-order chi connectivity index (χ0) is 17.4. The fourth-order valence-electron chi connectivity index (χ4n) is 2.44. The van der Waals surface area contributed by atoms with Crippen LogP contribution in [0, 0.1) is 0 Å². The Bertz CT molecular complexity index is 685. The van der Waals surface area contributed by atoms with Crippen molar-refractivity contribution in [3.63, 3.8) is 0 Å². The summed E-state index contributed by atoms with van der Waals surface area (Å²) >= 11 is 6.15. The normalized spacial score (nSPS) is 15.3. The molecule has 8 heteroatoms. The maximum absolute atomic E-state index is 12.3. The number of hydrogen-bond acceptors (Lipinski definition) is 4. The van der Waals surface area contributed by atoms with Crippen LogP contribution in [0.1, 0.15) is 32.8 Å². The van der Waals surface area contributed by atoms with E-state index in [-0.39, 0.29) is 22.2 Å². The second-order valence-electron chi connectivity index (χ2n) is 6.12. The fraction of sp³-hybridized carbons (Fsp3) is 0.467. The number of benzene rings is 1. The summed E-state index contributed by atoms with van der Waals surface area (Å²) < 4.78 is 14.7. The quantitative estimate of drug-likeness (QED) is 0.855. The monoisotopic (exact) mass is 358 g/mol. The number of anilines is 1. The van der Waals surface area contributed by atoms with Crippen LogP contribution in [0.3, 0.4) is 0 Å². The molecule has 0 bridgehead atoms. The Labute approximate surface area is 142 Å². The Balaban J connectivity index is 2.23. The number of nitrogens with zero attached hydrogens (tertiary/aromatic N) is 1. The van der Waals surface area contributed by atoms with Crippen molar-refractivity contribution < 1.29 is 18.9 Å². The van der Waals surface area contributed by atoms with Crippen LogP contribution in [0.25, 0.3) is 0 Å². The van der Waals surface area contributed by atoms with Gasteiger partial charge < -0.3 is 10.0 Å². The van der Waals surface area contributed by atoms with E-state index in [0.29, 0.717) is 18.7 Å². The number of carbonyl (C=O) groups excluding carboxylic acids is 2. The minimum Gasteiger partial charge on any atom is -0.390 e. The van der Waals surface area contributed by atoms with E-state index in [0.717, 1.165) is 5.56 Å². The first-order valence-corrected chi connectivity index (χ1v) is 8.65. The highest BCUT2D eigenvalue weighted by Gasteiger charge is 2.26. The van der Waals surface area contributed by atoms with Gasteiger partial charge in [0.15, 0.2) is 11.0 Å². The van der Waals surface area contributed by atoms with Crippen molar-refractivity contribution >= 4 is 40.1 Å². The minimum atomic E-state index is -1.86. The lowest BCUT2D eigenvalue weighted by atomic mass is 10.1. The highest BCUT2D eigenvalue weighted by Crippen LogP contribution is 2.34. The summed E-state index contributed by atoms with van der Waals surface area (Å²) in [4.78, 5) is 25.2. The molecule has 0 aliphatic carbocycles. The molecule has 1 aromatic carbocycles. The number of aliphatic hydroxyl groups is 1. The minimum absolute atomic E-state index is 0.103. The molecule has 1 aliphatic rings. The molecule has 23 heavy (non-hydrogen) atoms. The zero-order valence-corrected chi connectivity index (χ0v) is 14.8. The van der Waals surface area contributed by atoms with E-state index >= 15 is 0 Å². The molecule has 1 aromatic rings. The number of halogens is 1. The van der Waals surface area contributed by atoms with Gasteiger partial charge in [-0.1, -0.05) is 11.6 Å². The van der Waals surface area contributed by atoms with Crippen molar-refractivity contribution in [1.82, 2.24) is 4.72 Å². The summed E-state index contributed by atoms with van der Waals surface area (Å²) in [6.07, 6.45) is 0.507. The molecule has 0 fully saturated rings. The number of rotatable bonds is 4. The van der Waals surface area contributed by atoms with Gasteiger partial charge in [-0.05, 0) is 38.0 Å². The highest BCUT2D eigenvalue weighted by atomic mass is 35.5. The van der Waals surface area contributed by atoms with Crippen molar-refractivity contribution in [1.29, 1.82) is 0 Å². The van der Waals surface area contributed by atoms with Crippen LogP contribution in [0.15, 0.2) is 17.0 Å². The number of amides is 2. The van der Waals surface area contributed by atoms with Gasteiger partial charge in [-0.15, -0.1) is 0 Å². The maximum atomic E-state index is 12.3. The molecule has 126 valence electrons. The fourth-order valence-corrected chi connectivity index (χ4v) is 3.68. The van der Waals surface area contributed by atoms with E-state index in [1.54, 1.807) is 17.0 Å². The average Bonchev–Trinajstić information content (AvgIpc) is 2.77. The maximum Gasteiger partial charge on any atom is 0.234 e. The Morgan fingerprint density at radius 1 is 1.43 bits per heavy atom. The molecule has 1 heterocycles. The van der Waals surface area contributed by atoms with E-state index in [2.05, 4.69) is 4.72 Å². The van der Waals surface area contributed by atoms with E-state index in [1.807, 2.05) is 0 Å². The van der Waals surface area contributed by atoms with Gasteiger partial charge in [0.2, 0.25) is 11.8 Å². The lowest BCUT2D eigenvalue weighted by Gasteiger charge is -2.18. The topological polar surface area (TPSA) is 86.7 Å². The molecule has 2 amide bonds. The molecule has 2 N–H and O–H groups in total. The SMILES string of the molecule is CC(=O)N1CCc2cc(Cl)c(S(=O)NC(=O)CC(C)(C)O)cc21. The molecule has 0 saturated heterocycles. The second-order valence-corrected chi connectivity index (χ2v) is 7.70. The summed E-state index contributed by atoms with van der Waals surface area (Å²) in [5.41, 5.74) is 0.386. The molecule has 1 unspecified atom stereocenters. The van der Waals surface area contributed by atoms with Crippen molar-refractivity contribution in [3.8, 4) is 0 Å². The zero-order valence-electron chi connectivity index (χ0n) is 13.2. The van der Waals surface area contributed by atoms with Gasteiger partial charge in [-0.2, -0.15) is 0 Å². The van der Waals surface area contributed by atoms with Gasteiger partial charge in [0.05, 0.1) is 21.9 Å². The first-order chi connectivity index (χ1) is 10.6. The van der Waals surface area contributed by atoms with Crippen LogP contribution >= 0.6 is 11.6 Å². The third-order valence-corrected chi connectivity index (χ3v) is 4.98. The summed E-state index contributed by atoms with van der Waals surface area (Å²) in [6, 6.07) is 3.25. The van der Waals surface area contributed by atoms with Crippen LogP contribution in [0.2, 0.25) is 5.02 Å². The van der Waals surface area contributed by atoms with Crippen LogP contribution in [0.4, 0.5) is 5.69 Å². The van der Waals surface area contributed by atoms with Gasteiger partial charge >= 0.3 is 0 Å². The number of hydrogen-bond donors (Lipinski definition) is 2. The number of fused-ring (bicyclic) bond motifs is 1. The Hall–Kier alpha value is -1.44. The molecular weight excluding hydrogens is 340 g/mol. The van der Waals surface area contributed by atoms with Crippen LogP contribution in [0.5, 0.6) is 0 Å². The largest absolute Gasteiger partial charge is 0.390 e. The van der Waals surface area contributed by atoms with Gasteiger partial charge in [0.25, 0.3) is 0 Å². The van der Waals surface area contributed by atoms with Crippen LogP contribution < -0.4 is 9.62 Å². The Kier molecular flexibility index (Phi) is 5.13. The van der Waals surface area contributed by atoms with E-state index in [1.165, 1.54) is 20.8 Å². The molecule has 6 nitrogen and oxygen atoms in total. The summed E-state index contributed by atoms with van der Waals surface area (Å²) in [5, 5.41) is 9.89. The molecule has 2 rings (SSSR count). The van der Waals surface area contributed by atoms with Crippen molar-refractivity contribution in [2.75, 3.05) is 11.4 Å². The third kappa shape index (κ3) is 4.31. The molecule has 0 saturated carbocycles. The first-order valence-electron chi connectivity index (χ1n) is 7.12. The standard InChI is InChI=1S/C15H19ClN2O4S/c1-9(19)18-5-4-10-6-11(16)13(7-12(10)18)23(22)17-14(20)8-15(2,3)21/h6-7,21H,4-5,8H2,1-3H3,(H,17,20). The van der Waals surface area contributed by atoms with E-state index in [9.17, 15) is 18.9 Å². The second kappa shape index (κ2) is 6.59. The summed E-state index contributed by atoms with van der Waals surface area (Å²) in [6.45, 7) is 5.00. The highest BCUT2D eigenvalue weighted by molar-refractivity contribution is 7.83. The number of carbonyl (C=O) groups is 2. The summed E-state index contributed by atoms with van der Waals surface area (Å²) in [7, 11) is -1.86. The van der Waals surface area contributed by atoms with Gasteiger partial charge in [0.1, 0.15) is 0 Å². The lowest BCUT2D eigenvalue weighted by molar-refractivity contribution is -0.123. The Morgan fingerprint density at radius 3 is 2.65 bits per heavy atom. The van der Waals surface area contributed by atoms with Crippen LogP contribution in [-0.2, 0) is 27.0 Å². The van der Waals surface area contributed by atoms with Crippen molar-refractivity contribution in [3.05, 3.63) is 22.7 Å². The van der Waals surface area contributed by atoms with E-state index < -0.39 is 22.5 Å². The molecule has 1 aliphatic heterocycles. The van der Waals surface area contributed by atoms with E-state index in [4.69, 9.17) is 11.6 Å². The van der Waals surface area contributed by atoms with Crippen molar-refractivity contribution in [2.24, 2.45) is 0 Å². The van der Waals surface area contributed by atoms with Gasteiger partial charge in [-0.25, -0.2) is 4.21 Å². The smallest absolute Gasteiger partial charge is 0.234 e. The first kappa shape index (κ1) is 17.9. The number of nitrogens with one attached hydrogen (secondary N) is 1. The predicted octanol–water partition coefficient (Wildman–Crippen LogP) is 1.55. The molecule has 0 spiro atoms. The summed E-state index contributed by atoms with van der Waals surface area (Å²) in [5.74, 6) is -0.648. The lowest BCUT2D eigenvalue weighted by Crippen LogP contribution is -2.33. The Morgan fingerprint density at radius 2 is 2.09 bits per heavy atom. The van der Waals surface area contributed by atoms with Crippen LogP contribution in [-0.4, -0.2) is 33.3 Å². The predicted molar refractivity (Wildman–Crippen MR) is 88.6 cm³/mol. The molecular formula is C15H19ClN2O4S. The van der Waals surface area contributed by atoms with Gasteiger partial charge in [-0.3, -0.25) is 14.3 Å². The molecule has 1 atom stereocenters.